The third kappa shape index (κ3) is 3.46. The number of hydrogen-bond acceptors (Lipinski definition) is 3. The van der Waals surface area contributed by atoms with E-state index in [9.17, 15) is 9.18 Å². The third-order valence-corrected chi connectivity index (χ3v) is 4.76. The minimum absolute atomic E-state index is 0.175. The highest BCUT2D eigenvalue weighted by atomic mass is 19.1. The van der Waals surface area contributed by atoms with Gasteiger partial charge in [-0.25, -0.2) is 9.37 Å². The molecule has 26 heavy (non-hydrogen) atoms. The van der Waals surface area contributed by atoms with Gasteiger partial charge in [-0.2, -0.15) is 0 Å². The summed E-state index contributed by atoms with van der Waals surface area (Å²) in [6.45, 7) is 2.17. The quantitative estimate of drug-likeness (QED) is 0.767. The Morgan fingerprint density at radius 1 is 1.27 bits per heavy atom. The minimum Gasteiger partial charge on any atom is -0.341 e. The predicted molar refractivity (Wildman–Crippen MR) is 99.3 cm³/mol. The van der Waals surface area contributed by atoms with E-state index in [1.54, 1.807) is 6.07 Å². The summed E-state index contributed by atoms with van der Waals surface area (Å²) in [5, 5.41) is 0. The van der Waals surface area contributed by atoms with Crippen LogP contribution in [0.2, 0.25) is 0 Å². The molecule has 0 radical (unpaired) electrons. The van der Waals surface area contributed by atoms with Crippen molar-refractivity contribution in [2.24, 2.45) is 5.92 Å². The van der Waals surface area contributed by atoms with Crippen LogP contribution in [0.4, 0.5) is 10.1 Å². The maximum Gasteiger partial charge on any atom is 0.227 e. The average molecular weight is 352 g/mol. The summed E-state index contributed by atoms with van der Waals surface area (Å²) >= 11 is 0. The lowest BCUT2D eigenvalue weighted by Crippen LogP contribution is -2.29. The van der Waals surface area contributed by atoms with Gasteiger partial charge in [0.05, 0.1) is 17.6 Å². The number of carbonyl (C=O) groups is 1. The Labute approximate surface area is 151 Å². The lowest BCUT2D eigenvalue weighted by atomic mass is 10.1. The van der Waals surface area contributed by atoms with E-state index >= 15 is 0 Å². The molecule has 1 atom stereocenters. The number of aromatic nitrogens is 2. The highest BCUT2D eigenvalue weighted by Crippen LogP contribution is 2.25. The molecule has 1 unspecified atom stereocenters. The normalized spacial score (nSPS) is 17.6. The molecule has 1 saturated heterocycles. The van der Waals surface area contributed by atoms with Crippen molar-refractivity contribution in [1.29, 1.82) is 0 Å². The molecule has 1 fully saturated rings. The molecule has 134 valence electrons. The Kier molecular flexibility index (Phi) is 4.42. The first-order valence-electron chi connectivity index (χ1n) is 8.76. The van der Waals surface area contributed by atoms with E-state index in [0.717, 1.165) is 30.1 Å². The van der Waals surface area contributed by atoms with Crippen LogP contribution in [0, 0.1) is 11.7 Å². The second-order valence-electron chi connectivity index (χ2n) is 6.95. The SMILES string of the molecule is CN(Cc1nc2ccc(F)cc2[nH]1)CC1CC(=O)N(c2ccccc2)C1. The summed E-state index contributed by atoms with van der Waals surface area (Å²) in [5.41, 5.74) is 2.43. The fourth-order valence-corrected chi connectivity index (χ4v) is 3.63. The Balaban J connectivity index is 1.38. The lowest BCUT2D eigenvalue weighted by Gasteiger charge is -2.20. The number of carbonyl (C=O) groups excluding carboxylic acids is 1. The number of benzene rings is 2. The predicted octanol–water partition coefficient (Wildman–Crippen LogP) is 3.19. The summed E-state index contributed by atoms with van der Waals surface area (Å²) in [7, 11) is 2.02. The van der Waals surface area contributed by atoms with Crippen molar-refractivity contribution in [3.63, 3.8) is 0 Å². The van der Waals surface area contributed by atoms with E-state index in [-0.39, 0.29) is 17.6 Å². The fraction of sp³-hybridized carbons (Fsp3) is 0.300. The summed E-state index contributed by atoms with van der Waals surface area (Å²) < 4.78 is 13.3. The van der Waals surface area contributed by atoms with Crippen molar-refractivity contribution in [2.75, 3.05) is 25.0 Å². The fourth-order valence-electron chi connectivity index (χ4n) is 3.63. The Morgan fingerprint density at radius 3 is 2.88 bits per heavy atom. The number of nitrogens with zero attached hydrogens (tertiary/aromatic N) is 3. The summed E-state index contributed by atoms with van der Waals surface area (Å²) in [4.78, 5) is 24.0. The highest BCUT2D eigenvalue weighted by Gasteiger charge is 2.31. The van der Waals surface area contributed by atoms with Crippen molar-refractivity contribution in [2.45, 2.75) is 13.0 Å². The molecule has 1 aliphatic rings. The zero-order chi connectivity index (χ0) is 18.1. The molecule has 1 amide bonds. The van der Waals surface area contributed by atoms with E-state index in [1.807, 2.05) is 42.3 Å². The number of fused-ring (bicyclic) bond motifs is 1. The number of H-pyrrole nitrogens is 1. The average Bonchev–Trinajstić information content (AvgIpc) is 3.17. The number of imidazole rings is 1. The number of anilines is 1. The van der Waals surface area contributed by atoms with Gasteiger partial charge in [-0.1, -0.05) is 18.2 Å². The van der Waals surface area contributed by atoms with Crippen molar-refractivity contribution in [3.05, 3.63) is 60.2 Å². The zero-order valence-electron chi connectivity index (χ0n) is 14.7. The molecule has 5 nitrogen and oxygen atoms in total. The molecular weight excluding hydrogens is 331 g/mol. The maximum atomic E-state index is 13.3. The number of rotatable bonds is 5. The van der Waals surface area contributed by atoms with Gasteiger partial charge < -0.3 is 9.88 Å². The van der Waals surface area contributed by atoms with Gasteiger partial charge in [0.1, 0.15) is 11.6 Å². The molecule has 6 heteroatoms. The van der Waals surface area contributed by atoms with Crippen LogP contribution < -0.4 is 4.90 Å². The number of halogens is 1. The van der Waals surface area contributed by atoms with E-state index in [4.69, 9.17) is 0 Å². The van der Waals surface area contributed by atoms with Gasteiger partial charge >= 0.3 is 0 Å². The summed E-state index contributed by atoms with van der Waals surface area (Å²) in [6, 6.07) is 14.3. The minimum atomic E-state index is -0.272. The molecule has 0 saturated carbocycles. The Hall–Kier alpha value is -2.73. The lowest BCUT2D eigenvalue weighted by molar-refractivity contribution is -0.117. The highest BCUT2D eigenvalue weighted by molar-refractivity contribution is 5.95. The van der Waals surface area contributed by atoms with Crippen molar-refractivity contribution in [3.8, 4) is 0 Å². The molecule has 1 N–H and O–H groups in total. The molecule has 1 aliphatic heterocycles. The molecule has 0 bridgehead atoms. The Bertz CT molecular complexity index is 924. The van der Waals surface area contributed by atoms with E-state index in [0.29, 0.717) is 18.5 Å². The molecule has 3 aromatic rings. The second-order valence-corrected chi connectivity index (χ2v) is 6.95. The largest absolute Gasteiger partial charge is 0.341 e. The standard InChI is InChI=1S/C20H21FN4O/c1-24(13-19-22-17-8-7-15(21)10-18(17)23-19)11-14-9-20(26)25(12-14)16-5-3-2-4-6-16/h2-8,10,14H,9,11-13H2,1H3,(H,22,23). The zero-order valence-corrected chi connectivity index (χ0v) is 14.7. The summed E-state index contributed by atoms with van der Waals surface area (Å²) in [6.07, 6.45) is 0.560. The van der Waals surface area contributed by atoms with Crippen molar-refractivity contribution < 1.29 is 9.18 Å². The van der Waals surface area contributed by atoms with Gasteiger partial charge in [0.15, 0.2) is 0 Å². The number of amides is 1. The molecule has 4 rings (SSSR count). The van der Waals surface area contributed by atoms with Gasteiger partial charge in [-0.05, 0) is 43.3 Å². The molecule has 2 aromatic carbocycles. The van der Waals surface area contributed by atoms with Gasteiger partial charge in [0.25, 0.3) is 0 Å². The first-order chi connectivity index (χ1) is 12.6. The number of aromatic amines is 1. The first kappa shape index (κ1) is 16.7. The van der Waals surface area contributed by atoms with E-state index in [1.165, 1.54) is 12.1 Å². The van der Waals surface area contributed by atoms with Crippen LogP contribution in [-0.2, 0) is 11.3 Å². The second kappa shape index (κ2) is 6.88. The number of para-hydroxylation sites is 1. The van der Waals surface area contributed by atoms with Gasteiger partial charge in [0, 0.05) is 25.2 Å². The topological polar surface area (TPSA) is 52.2 Å². The van der Waals surface area contributed by atoms with Crippen LogP contribution in [-0.4, -0.2) is 40.9 Å². The van der Waals surface area contributed by atoms with Gasteiger partial charge in [-0.15, -0.1) is 0 Å². The molecule has 0 spiro atoms. The molecule has 2 heterocycles. The van der Waals surface area contributed by atoms with Crippen LogP contribution in [0.1, 0.15) is 12.2 Å². The van der Waals surface area contributed by atoms with Crippen molar-refractivity contribution in [1.82, 2.24) is 14.9 Å². The molecule has 1 aromatic heterocycles. The van der Waals surface area contributed by atoms with E-state index in [2.05, 4.69) is 14.9 Å². The van der Waals surface area contributed by atoms with Crippen LogP contribution >= 0.6 is 0 Å². The van der Waals surface area contributed by atoms with Gasteiger partial charge in [0.2, 0.25) is 5.91 Å². The smallest absolute Gasteiger partial charge is 0.227 e. The maximum absolute atomic E-state index is 13.3. The van der Waals surface area contributed by atoms with Crippen LogP contribution in [0.15, 0.2) is 48.5 Å². The number of nitrogens with one attached hydrogen (secondary N) is 1. The molecular formula is C20H21FN4O. The van der Waals surface area contributed by atoms with Crippen LogP contribution in [0.5, 0.6) is 0 Å². The van der Waals surface area contributed by atoms with Crippen LogP contribution in [0.3, 0.4) is 0 Å². The third-order valence-electron chi connectivity index (χ3n) is 4.76. The Morgan fingerprint density at radius 2 is 2.08 bits per heavy atom. The van der Waals surface area contributed by atoms with Crippen LogP contribution in [0.25, 0.3) is 11.0 Å². The number of hydrogen-bond donors (Lipinski definition) is 1. The molecule has 0 aliphatic carbocycles. The summed E-state index contributed by atoms with van der Waals surface area (Å²) in [5.74, 6) is 0.993. The van der Waals surface area contributed by atoms with E-state index < -0.39 is 0 Å². The van der Waals surface area contributed by atoms with Gasteiger partial charge in [-0.3, -0.25) is 9.69 Å². The van der Waals surface area contributed by atoms with Crippen molar-refractivity contribution >= 4 is 22.6 Å². The first-order valence-corrected chi connectivity index (χ1v) is 8.76. The monoisotopic (exact) mass is 352 g/mol.